The number of nitrogens with one attached hydrogen (secondary N) is 1. The van der Waals surface area contributed by atoms with Crippen molar-refractivity contribution in [3.05, 3.63) is 24.0 Å². The van der Waals surface area contributed by atoms with Gasteiger partial charge in [-0.05, 0) is 32.0 Å². The molecule has 1 unspecified atom stereocenters. The van der Waals surface area contributed by atoms with E-state index < -0.39 is 0 Å². The SMILES string of the molecule is CNC(C)c1ccn(CCOCCCOC)c1. The largest absolute Gasteiger partial charge is 0.385 e. The molecule has 0 aliphatic carbocycles. The third kappa shape index (κ3) is 5.35. The van der Waals surface area contributed by atoms with E-state index in [1.54, 1.807) is 7.11 Å². The number of hydrogen-bond acceptors (Lipinski definition) is 3. The molecule has 0 radical (unpaired) electrons. The molecule has 0 fully saturated rings. The number of nitrogens with zero attached hydrogens (tertiary/aromatic N) is 1. The van der Waals surface area contributed by atoms with Crippen LogP contribution in [0, 0.1) is 0 Å². The Labute approximate surface area is 104 Å². The molecule has 0 aliphatic heterocycles. The molecule has 0 spiro atoms. The Morgan fingerprint density at radius 2 is 2.18 bits per heavy atom. The highest BCUT2D eigenvalue weighted by atomic mass is 16.5. The van der Waals surface area contributed by atoms with Crippen LogP contribution in [-0.2, 0) is 16.0 Å². The van der Waals surface area contributed by atoms with Crippen molar-refractivity contribution in [1.29, 1.82) is 0 Å². The monoisotopic (exact) mass is 240 g/mol. The number of methoxy groups -OCH3 is 1. The Morgan fingerprint density at radius 1 is 1.35 bits per heavy atom. The van der Waals surface area contributed by atoms with Crippen molar-refractivity contribution in [1.82, 2.24) is 9.88 Å². The summed E-state index contributed by atoms with van der Waals surface area (Å²) in [5.74, 6) is 0. The average Bonchev–Trinajstić information content (AvgIpc) is 2.81. The Hall–Kier alpha value is -0.840. The fourth-order valence-electron chi connectivity index (χ4n) is 1.60. The fraction of sp³-hybridized carbons (Fsp3) is 0.692. The van der Waals surface area contributed by atoms with E-state index in [2.05, 4.69) is 35.3 Å². The highest BCUT2D eigenvalue weighted by Crippen LogP contribution is 2.11. The molecular formula is C13H24N2O2. The van der Waals surface area contributed by atoms with Crippen LogP contribution in [-0.4, -0.2) is 38.5 Å². The Kier molecular flexibility index (Phi) is 6.93. The van der Waals surface area contributed by atoms with Gasteiger partial charge in [-0.1, -0.05) is 0 Å². The first-order chi connectivity index (χ1) is 8.27. The van der Waals surface area contributed by atoms with Gasteiger partial charge in [-0.2, -0.15) is 0 Å². The van der Waals surface area contributed by atoms with Gasteiger partial charge in [0, 0.05) is 45.3 Å². The fourth-order valence-corrected chi connectivity index (χ4v) is 1.60. The molecule has 1 aromatic heterocycles. The van der Waals surface area contributed by atoms with Crippen LogP contribution < -0.4 is 5.32 Å². The lowest BCUT2D eigenvalue weighted by Gasteiger charge is -2.07. The van der Waals surface area contributed by atoms with Crippen LogP contribution >= 0.6 is 0 Å². The summed E-state index contributed by atoms with van der Waals surface area (Å²) >= 11 is 0. The molecule has 1 heterocycles. The first-order valence-corrected chi connectivity index (χ1v) is 6.17. The Balaban J connectivity index is 2.16. The molecule has 0 saturated heterocycles. The van der Waals surface area contributed by atoms with Gasteiger partial charge in [-0.25, -0.2) is 0 Å². The van der Waals surface area contributed by atoms with Crippen molar-refractivity contribution in [2.45, 2.75) is 25.9 Å². The molecule has 17 heavy (non-hydrogen) atoms. The number of ether oxygens (including phenoxy) is 2. The molecule has 0 amide bonds. The van der Waals surface area contributed by atoms with Crippen molar-refractivity contribution in [3.63, 3.8) is 0 Å². The van der Waals surface area contributed by atoms with Crippen molar-refractivity contribution < 1.29 is 9.47 Å². The second-order valence-electron chi connectivity index (χ2n) is 4.15. The van der Waals surface area contributed by atoms with Gasteiger partial charge in [0.25, 0.3) is 0 Å². The maximum atomic E-state index is 5.52. The van der Waals surface area contributed by atoms with E-state index >= 15 is 0 Å². The Morgan fingerprint density at radius 3 is 2.88 bits per heavy atom. The summed E-state index contributed by atoms with van der Waals surface area (Å²) in [6, 6.07) is 2.55. The van der Waals surface area contributed by atoms with E-state index in [4.69, 9.17) is 9.47 Å². The van der Waals surface area contributed by atoms with Gasteiger partial charge in [-0.15, -0.1) is 0 Å². The second-order valence-corrected chi connectivity index (χ2v) is 4.15. The minimum atomic E-state index is 0.402. The first kappa shape index (κ1) is 14.2. The van der Waals surface area contributed by atoms with Gasteiger partial charge in [0.05, 0.1) is 6.61 Å². The van der Waals surface area contributed by atoms with E-state index in [9.17, 15) is 0 Å². The lowest BCUT2D eigenvalue weighted by molar-refractivity contribution is 0.0977. The van der Waals surface area contributed by atoms with E-state index in [-0.39, 0.29) is 0 Å². The van der Waals surface area contributed by atoms with E-state index in [0.29, 0.717) is 6.04 Å². The minimum absolute atomic E-state index is 0.402. The van der Waals surface area contributed by atoms with Crippen LogP contribution in [0.2, 0.25) is 0 Å². The van der Waals surface area contributed by atoms with Crippen LogP contribution in [0.15, 0.2) is 18.5 Å². The molecule has 4 heteroatoms. The van der Waals surface area contributed by atoms with Crippen molar-refractivity contribution in [2.75, 3.05) is 34.0 Å². The molecule has 4 nitrogen and oxygen atoms in total. The predicted molar refractivity (Wildman–Crippen MR) is 69.2 cm³/mol. The van der Waals surface area contributed by atoms with Gasteiger partial charge < -0.3 is 19.4 Å². The molecule has 1 aromatic rings. The average molecular weight is 240 g/mol. The topological polar surface area (TPSA) is 35.4 Å². The number of aromatic nitrogens is 1. The zero-order valence-corrected chi connectivity index (χ0v) is 11.1. The van der Waals surface area contributed by atoms with Gasteiger partial charge in [0.2, 0.25) is 0 Å². The summed E-state index contributed by atoms with van der Waals surface area (Å²) in [6.45, 7) is 5.36. The Bertz CT molecular complexity index is 299. The van der Waals surface area contributed by atoms with Gasteiger partial charge >= 0.3 is 0 Å². The van der Waals surface area contributed by atoms with Gasteiger partial charge in [-0.3, -0.25) is 0 Å². The van der Waals surface area contributed by atoms with Crippen molar-refractivity contribution in [3.8, 4) is 0 Å². The molecule has 0 bridgehead atoms. The van der Waals surface area contributed by atoms with Crippen LogP contribution in [0.4, 0.5) is 0 Å². The first-order valence-electron chi connectivity index (χ1n) is 6.17. The standard InChI is InChI=1S/C13H24N2O2/c1-12(14-2)13-5-6-15(11-13)7-10-17-9-4-8-16-3/h5-6,11-12,14H,4,7-10H2,1-3H3. The summed E-state index contributed by atoms with van der Waals surface area (Å²) < 4.78 is 12.6. The van der Waals surface area contributed by atoms with E-state index in [0.717, 1.165) is 32.8 Å². The summed E-state index contributed by atoms with van der Waals surface area (Å²) in [5.41, 5.74) is 1.31. The summed E-state index contributed by atoms with van der Waals surface area (Å²) in [6.07, 6.45) is 5.23. The maximum Gasteiger partial charge on any atom is 0.0645 e. The predicted octanol–water partition coefficient (Wildman–Crippen LogP) is 1.82. The smallest absolute Gasteiger partial charge is 0.0645 e. The van der Waals surface area contributed by atoms with Crippen molar-refractivity contribution in [2.24, 2.45) is 0 Å². The molecule has 0 aromatic carbocycles. The number of rotatable bonds is 9. The molecule has 1 N–H and O–H groups in total. The summed E-state index contributed by atoms with van der Waals surface area (Å²) in [7, 11) is 3.69. The zero-order chi connectivity index (χ0) is 12.5. The minimum Gasteiger partial charge on any atom is -0.385 e. The zero-order valence-electron chi connectivity index (χ0n) is 11.1. The highest BCUT2D eigenvalue weighted by Gasteiger charge is 2.03. The highest BCUT2D eigenvalue weighted by molar-refractivity contribution is 5.14. The molecule has 0 aliphatic rings. The van der Waals surface area contributed by atoms with Gasteiger partial charge in [0.15, 0.2) is 0 Å². The molecule has 98 valence electrons. The quantitative estimate of drug-likeness (QED) is 0.669. The molecule has 0 saturated carbocycles. The molecular weight excluding hydrogens is 216 g/mol. The third-order valence-electron chi connectivity index (χ3n) is 2.84. The second kappa shape index (κ2) is 8.28. The normalized spacial score (nSPS) is 12.9. The van der Waals surface area contributed by atoms with Crippen molar-refractivity contribution >= 4 is 0 Å². The van der Waals surface area contributed by atoms with Crippen LogP contribution in [0.5, 0.6) is 0 Å². The third-order valence-corrected chi connectivity index (χ3v) is 2.84. The maximum absolute atomic E-state index is 5.52. The van der Waals surface area contributed by atoms with E-state index in [1.165, 1.54) is 5.56 Å². The molecule has 1 rings (SSSR count). The lowest BCUT2D eigenvalue weighted by Crippen LogP contribution is -2.11. The van der Waals surface area contributed by atoms with Gasteiger partial charge in [0.1, 0.15) is 0 Å². The van der Waals surface area contributed by atoms with Crippen LogP contribution in [0.3, 0.4) is 0 Å². The lowest BCUT2D eigenvalue weighted by atomic mass is 10.2. The van der Waals surface area contributed by atoms with Crippen LogP contribution in [0.1, 0.15) is 24.9 Å². The van der Waals surface area contributed by atoms with Crippen LogP contribution in [0.25, 0.3) is 0 Å². The van der Waals surface area contributed by atoms with E-state index in [1.807, 2.05) is 7.05 Å². The molecule has 1 atom stereocenters. The summed E-state index contributed by atoms with van der Waals surface area (Å²) in [5, 5.41) is 3.23. The summed E-state index contributed by atoms with van der Waals surface area (Å²) in [4.78, 5) is 0. The number of hydrogen-bond donors (Lipinski definition) is 1.